The second-order valence-electron chi connectivity index (χ2n) is 8.43. The maximum absolute atomic E-state index is 12.8. The summed E-state index contributed by atoms with van der Waals surface area (Å²) in [7, 11) is 0. The van der Waals surface area contributed by atoms with Crippen LogP contribution in [0.25, 0.3) is 0 Å². The zero-order valence-electron chi connectivity index (χ0n) is 18.3. The molecule has 0 bridgehead atoms. The van der Waals surface area contributed by atoms with Gasteiger partial charge in [0.15, 0.2) is 0 Å². The summed E-state index contributed by atoms with van der Waals surface area (Å²) in [5.41, 5.74) is 10.8. The Morgan fingerprint density at radius 3 is 2.33 bits per heavy atom. The van der Waals surface area contributed by atoms with E-state index in [9.17, 15) is 24.0 Å². The molecule has 2 heterocycles. The Morgan fingerprint density at radius 1 is 1.09 bits per heavy atom. The predicted molar refractivity (Wildman–Crippen MR) is 116 cm³/mol. The molecule has 0 aromatic heterocycles. The van der Waals surface area contributed by atoms with E-state index in [-0.39, 0.29) is 37.8 Å². The largest absolute Gasteiger partial charge is 0.445 e. The summed E-state index contributed by atoms with van der Waals surface area (Å²) in [6, 6.07) is 8.33. The van der Waals surface area contributed by atoms with Crippen LogP contribution in [0.2, 0.25) is 0 Å². The van der Waals surface area contributed by atoms with Crippen LogP contribution in [-0.4, -0.2) is 71.7 Å². The molecule has 2 saturated heterocycles. The van der Waals surface area contributed by atoms with Crippen molar-refractivity contribution in [1.29, 1.82) is 0 Å². The summed E-state index contributed by atoms with van der Waals surface area (Å²) in [5.74, 6) is -1.68. The Balaban J connectivity index is 1.41. The Kier molecular flexibility index (Phi) is 7.52. The zero-order valence-corrected chi connectivity index (χ0v) is 18.3. The molecule has 11 nitrogen and oxygen atoms in total. The summed E-state index contributed by atoms with van der Waals surface area (Å²) in [5, 5.41) is 2.45. The first-order valence-electron chi connectivity index (χ1n) is 10.8. The second-order valence-corrected chi connectivity index (χ2v) is 8.43. The number of carbonyl (C=O) groups is 5. The van der Waals surface area contributed by atoms with Gasteiger partial charge < -0.3 is 31.3 Å². The number of nitrogens with one attached hydrogen (secondary N) is 1. The van der Waals surface area contributed by atoms with Crippen molar-refractivity contribution < 1.29 is 28.7 Å². The average Bonchev–Trinajstić information content (AvgIpc) is 2.81. The summed E-state index contributed by atoms with van der Waals surface area (Å²) < 4.78 is 5.09. The smallest absolute Gasteiger partial charge is 0.407 e. The van der Waals surface area contributed by atoms with Crippen molar-refractivity contribution in [2.24, 2.45) is 16.9 Å². The second kappa shape index (κ2) is 10.3. The number of nitrogens with zero attached hydrogens (tertiary/aromatic N) is 2. The van der Waals surface area contributed by atoms with E-state index in [4.69, 9.17) is 16.2 Å². The molecule has 0 radical (unpaired) electrons. The molecule has 0 saturated carbocycles. The number of alkyl carbamates (subject to hydrolysis) is 1. The molecule has 178 valence electrons. The first kappa shape index (κ1) is 24.0. The van der Waals surface area contributed by atoms with Gasteiger partial charge in [-0.15, -0.1) is 0 Å². The Hall–Kier alpha value is -3.63. The number of ether oxygens (including phenoxy) is 1. The van der Waals surface area contributed by atoms with Crippen molar-refractivity contribution in [3.05, 3.63) is 35.9 Å². The topological polar surface area (TPSA) is 165 Å². The van der Waals surface area contributed by atoms with E-state index in [1.807, 2.05) is 30.3 Å². The third kappa shape index (κ3) is 5.79. The highest BCUT2D eigenvalue weighted by Crippen LogP contribution is 2.43. The van der Waals surface area contributed by atoms with E-state index in [0.717, 1.165) is 5.56 Å². The number of primary amides is 2. The molecular weight excluding hydrogens is 430 g/mol. The number of rotatable bonds is 9. The fourth-order valence-corrected chi connectivity index (χ4v) is 4.25. The predicted octanol–water partition coefficient (Wildman–Crippen LogP) is -0.517. The molecule has 0 unspecified atom stereocenters. The molecule has 5 N–H and O–H groups in total. The SMILES string of the molecule is NC(=O)CC[C@@H](C(N)=O)N1CC2(CCN(C(=O)CNC(=O)OCc3ccccc3)CC2)C1=O. The van der Waals surface area contributed by atoms with Crippen LogP contribution < -0.4 is 16.8 Å². The monoisotopic (exact) mass is 459 g/mol. The van der Waals surface area contributed by atoms with Crippen LogP contribution in [0.15, 0.2) is 30.3 Å². The number of likely N-dealkylation sites (tertiary alicyclic amines) is 2. The minimum Gasteiger partial charge on any atom is -0.445 e. The molecular formula is C22H29N5O6. The first-order chi connectivity index (χ1) is 15.7. The molecule has 1 aromatic carbocycles. The van der Waals surface area contributed by atoms with E-state index in [1.54, 1.807) is 4.90 Å². The van der Waals surface area contributed by atoms with E-state index >= 15 is 0 Å². The molecule has 11 heteroatoms. The van der Waals surface area contributed by atoms with Gasteiger partial charge >= 0.3 is 6.09 Å². The van der Waals surface area contributed by atoms with Crippen LogP contribution in [0.4, 0.5) is 4.79 Å². The minimum atomic E-state index is -0.860. The van der Waals surface area contributed by atoms with Gasteiger partial charge in [-0.1, -0.05) is 30.3 Å². The molecule has 1 atom stereocenters. The van der Waals surface area contributed by atoms with Crippen molar-refractivity contribution in [3.8, 4) is 0 Å². The standard InChI is InChI=1S/C22H29N5O6/c23-17(28)7-6-16(19(24)30)27-14-22(20(27)31)8-10-26(11-9-22)18(29)12-25-21(32)33-13-15-4-2-1-3-5-15/h1-5,16H,6-14H2,(H2,23,28)(H2,24,30)(H,25,32)/t16-/m0/s1. The molecule has 2 aliphatic heterocycles. The Bertz CT molecular complexity index is 913. The van der Waals surface area contributed by atoms with E-state index < -0.39 is 29.4 Å². The number of β-lactam (4-membered cyclic amide) rings is 1. The molecule has 0 aliphatic carbocycles. The van der Waals surface area contributed by atoms with Gasteiger partial charge in [0.1, 0.15) is 19.2 Å². The Labute approximate surface area is 191 Å². The number of piperidine rings is 1. The highest BCUT2D eigenvalue weighted by molar-refractivity contribution is 5.94. The molecule has 1 aromatic rings. The van der Waals surface area contributed by atoms with Gasteiger partial charge in [0.05, 0.1) is 5.41 Å². The van der Waals surface area contributed by atoms with E-state index in [2.05, 4.69) is 5.32 Å². The van der Waals surface area contributed by atoms with Crippen LogP contribution in [0.1, 0.15) is 31.2 Å². The maximum Gasteiger partial charge on any atom is 0.407 e. The Morgan fingerprint density at radius 2 is 1.76 bits per heavy atom. The lowest BCUT2D eigenvalue weighted by molar-refractivity contribution is -0.173. The van der Waals surface area contributed by atoms with Crippen molar-refractivity contribution in [2.75, 3.05) is 26.2 Å². The van der Waals surface area contributed by atoms with Crippen LogP contribution in [0, 0.1) is 5.41 Å². The van der Waals surface area contributed by atoms with Crippen molar-refractivity contribution in [2.45, 2.75) is 38.3 Å². The van der Waals surface area contributed by atoms with Crippen LogP contribution >= 0.6 is 0 Å². The molecule has 2 aliphatic rings. The summed E-state index contributed by atoms with van der Waals surface area (Å²) in [4.78, 5) is 62.9. The van der Waals surface area contributed by atoms with E-state index in [0.29, 0.717) is 32.5 Å². The summed E-state index contributed by atoms with van der Waals surface area (Å²) in [6.07, 6.45) is 0.289. The number of carbonyl (C=O) groups excluding carboxylic acids is 5. The maximum atomic E-state index is 12.8. The van der Waals surface area contributed by atoms with Crippen LogP contribution in [-0.2, 0) is 30.5 Å². The van der Waals surface area contributed by atoms with Gasteiger partial charge in [0.2, 0.25) is 23.6 Å². The van der Waals surface area contributed by atoms with Crippen LogP contribution in [0.5, 0.6) is 0 Å². The highest BCUT2D eigenvalue weighted by atomic mass is 16.5. The fraction of sp³-hybridized carbons (Fsp3) is 0.500. The number of nitrogens with two attached hydrogens (primary N) is 2. The molecule has 5 amide bonds. The van der Waals surface area contributed by atoms with Gasteiger partial charge in [0.25, 0.3) is 0 Å². The van der Waals surface area contributed by atoms with E-state index in [1.165, 1.54) is 4.90 Å². The lowest BCUT2D eigenvalue weighted by Crippen LogP contribution is -2.69. The van der Waals surface area contributed by atoms with Gasteiger partial charge in [-0.25, -0.2) is 4.79 Å². The third-order valence-corrected chi connectivity index (χ3v) is 6.23. The highest BCUT2D eigenvalue weighted by Gasteiger charge is 2.55. The van der Waals surface area contributed by atoms with Crippen molar-refractivity contribution in [3.63, 3.8) is 0 Å². The van der Waals surface area contributed by atoms with Gasteiger partial charge in [-0.05, 0) is 24.8 Å². The molecule has 33 heavy (non-hydrogen) atoms. The lowest BCUT2D eigenvalue weighted by Gasteiger charge is -2.54. The number of hydrogen-bond acceptors (Lipinski definition) is 6. The van der Waals surface area contributed by atoms with Gasteiger partial charge in [-0.2, -0.15) is 0 Å². The normalized spacial score (nSPS) is 17.8. The molecule has 1 spiro atoms. The lowest BCUT2D eigenvalue weighted by atomic mass is 9.70. The zero-order chi connectivity index (χ0) is 24.0. The third-order valence-electron chi connectivity index (χ3n) is 6.23. The quantitative estimate of drug-likeness (QED) is 0.421. The summed E-state index contributed by atoms with van der Waals surface area (Å²) >= 11 is 0. The molecule has 3 rings (SSSR count). The molecule has 2 fully saturated rings. The van der Waals surface area contributed by atoms with Crippen molar-refractivity contribution >= 4 is 29.7 Å². The van der Waals surface area contributed by atoms with Crippen molar-refractivity contribution in [1.82, 2.24) is 15.1 Å². The number of amides is 5. The average molecular weight is 460 g/mol. The summed E-state index contributed by atoms with van der Waals surface area (Å²) in [6.45, 7) is 0.989. The fourth-order valence-electron chi connectivity index (χ4n) is 4.25. The first-order valence-corrected chi connectivity index (χ1v) is 10.8. The minimum absolute atomic E-state index is 0.0343. The van der Waals surface area contributed by atoms with Crippen LogP contribution in [0.3, 0.4) is 0 Å². The number of hydrogen-bond donors (Lipinski definition) is 3. The van der Waals surface area contributed by atoms with Gasteiger partial charge in [0, 0.05) is 26.1 Å². The number of benzene rings is 1. The van der Waals surface area contributed by atoms with Gasteiger partial charge in [-0.3, -0.25) is 19.2 Å².